The number of nitrogens with zero attached hydrogens (tertiary/aromatic N) is 3. The highest BCUT2D eigenvalue weighted by Gasteiger charge is 2.27. The van der Waals surface area contributed by atoms with Crippen molar-refractivity contribution in [1.82, 2.24) is 14.9 Å². The van der Waals surface area contributed by atoms with Crippen LogP contribution in [0.1, 0.15) is 39.8 Å². The molecule has 3 heterocycles. The lowest BCUT2D eigenvalue weighted by atomic mass is 10.1. The lowest BCUT2D eigenvalue weighted by molar-refractivity contribution is 0.0732. The summed E-state index contributed by atoms with van der Waals surface area (Å²) in [6.07, 6.45) is 0. The molecule has 8 heteroatoms. The van der Waals surface area contributed by atoms with Crippen molar-refractivity contribution in [1.29, 1.82) is 0 Å². The maximum atomic E-state index is 13.4. The summed E-state index contributed by atoms with van der Waals surface area (Å²) < 4.78 is 16.6. The van der Waals surface area contributed by atoms with E-state index in [1.165, 1.54) is 11.3 Å². The molecule has 0 aliphatic rings. The number of aromatic nitrogens is 2. The van der Waals surface area contributed by atoms with Crippen molar-refractivity contribution >= 4 is 38.4 Å². The molecule has 7 nitrogen and oxygen atoms in total. The van der Waals surface area contributed by atoms with Gasteiger partial charge in [0.2, 0.25) is 5.88 Å². The van der Waals surface area contributed by atoms with Crippen LogP contribution in [-0.4, -0.2) is 42.0 Å². The molecule has 0 radical (unpaired) electrons. The van der Waals surface area contributed by atoms with Crippen molar-refractivity contribution in [3.8, 4) is 5.88 Å². The lowest BCUT2D eigenvalue weighted by Gasteiger charge is -2.23. The predicted octanol–water partition coefficient (Wildman–Crippen LogP) is 4.73. The molecule has 0 saturated heterocycles. The number of amides is 1. The van der Waals surface area contributed by atoms with Crippen molar-refractivity contribution in [2.75, 3.05) is 21.3 Å². The average Bonchev–Trinajstić information content (AvgIpc) is 3.33. The van der Waals surface area contributed by atoms with Crippen LogP contribution in [0.2, 0.25) is 0 Å². The average molecular weight is 426 g/mol. The van der Waals surface area contributed by atoms with Crippen LogP contribution in [0.15, 0.2) is 34.7 Å². The Labute approximate surface area is 178 Å². The number of rotatable bonds is 6. The number of hydrogen-bond acceptors (Lipinski definition) is 7. The molecular formula is C22H23N3O4S. The Morgan fingerprint density at radius 1 is 1.27 bits per heavy atom. The number of para-hydroxylation sites is 1. The van der Waals surface area contributed by atoms with Gasteiger partial charge < -0.3 is 18.8 Å². The first kappa shape index (κ1) is 20.3. The second-order valence-corrected chi connectivity index (χ2v) is 8.10. The van der Waals surface area contributed by atoms with Gasteiger partial charge in [-0.05, 0) is 31.5 Å². The second-order valence-electron chi connectivity index (χ2n) is 7.10. The minimum Gasteiger partial charge on any atom is -0.480 e. The van der Waals surface area contributed by atoms with Crippen molar-refractivity contribution in [3.63, 3.8) is 0 Å². The molecule has 1 aromatic carbocycles. The van der Waals surface area contributed by atoms with E-state index in [0.717, 1.165) is 27.7 Å². The van der Waals surface area contributed by atoms with E-state index < -0.39 is 0 Å². The Kier molecular flexibility index (Phi) is 5.44. The molecule has 0 bridgehead atoms. The van der Waals surface area contributed by atoms with Gasteiger partial charge in [-0.2, -0.15) is 4.98 Å². The number of fused-ring (bicyclic) bond motifs is 2. The molecule has 0 N–H and O–H groups in total. The van der Waals surface area contributed by atoms with Gasteiger partial charge in [0.05, 0.1) is 23.4 Å². The number of thiophene rings is 1. The van der Waals surface area contributed by atoms with Crippen LogP contribution in [-0.2, 0) is 11.3 Å². The van der Waals surface area contributed by atoms with Gasteiger partial charge in [0.1, 0.15) is 22.8 Å². The molecule has 0 fully saturated rings. The number of hydrogen-bond donors (Lipinski definition) is 0. The number of carbonyl (C=O) groups excluding carboxylic acids is 1. The Bertz CT molecular complexity index is 1200. The molecule has 1 amide bonds. The van der Waals surface area contributed by atoms with Gasteiger partial charge in [-0.25, -0.2) is 4.98 Å². The molecule has 3 aromatic heterocycles. The molecular weight excluding hydrogens is 402 g/mol. The molecule has 4 rings (SSSR count). The summed E-state index contributed by atoms with van der Waals surface area (Å²) in [7, 11) is 4.93. The number of methoxy groups -OCH3 is 2. The van der Waals surface area contributed by atoms with Gasteiger partial charge in [-0.3, -0.25) is 4.79 Å². The lowest BCUT2D eigenvalue weighted by Crippen LogP contribution is -2.29. The number of aryl methyl sites for hydroxylation is 1. The minimum absolute atomic E-state index is 0.0983. The molecule has 0 saturated carbocycles. The van der Waals surface area contributed by atoms with Crippen LogP contribution >= 0.6 is 11.3 Å². The normalized spacial score (nSPS) is 12.4. The Hall–Kier alpha value is -2.97. The van der Waals surface area contributed by atoms with Crippen molar-refractivity contribution in [3.05, 3.63) is 52.4 Å². The standard InChI is InChI=1S/C22H23N3O4S/c1-12-18-20(28-5)23-17(11-27-4)24-21(18)30-19(12)22(26)25(3)13(2)16-10-14-8-6-7-9-15(14)29-16/h6-10,13H,11H2,1-5H3. The molecule has 4 aromatic rings. The second kappa shape index (κ2) is 8.04. The van der Waals surface area contributed by atoms with Gasteiger partial charge in [0, 0.05) is 19.5 Å². The van der Waals surface area contributed by atoms with Gasteiger partial charge in [-0.15, -0.1) is 11.3 Å². The molecule has 0 aliphatic carbocycles. The quantitative estimate of drug-likeness (QED) is 0.444. The van der Waals surface area contributed by atoms with E-state index in [1.54, 1.807) is 26.2 Å². The fourth-order valence-corrected chi connectivity index (χ4v) is 4.60. The van der Waals surface area contributed by atoms with Crippen molar-refractivity contribution in [2.24, 2.45) is 0 Å². The largest absolute Gasteiger partial charge is 0.480 e. The zero-order valence-electron chi connectivity index (χ0n) is 17.6. The first-order valence-electron chi connectivity index (χ1n) is 9.53. The van der Waals surface area contributed by atoms with E-state index >= 15 is 0 Å². The Balaban J connectivity index is 1.70. The first-order chi connectivity index (χ1) is 14.4. The third-order valence-corrected chi connectivity index (χ3v) is 6.40. The maximum Gasteiger partial charge on any atom is 0.264 e. The third kappa shape index (κ3) is 3.42. The number of ether oxygens (including phenoxy) is 2. The molecule has 156 valence electrons. The maximum absolute atomic E-state index is 13.4. The summed E-state index contributed by atoms with van der Waals surface area (Å²) in [6.45, 7) is 4.12. The van der Waals surface area contributed by atoms with E-state index in [0.29, 0.717) is 21.4 Å². The van der Waals surface area contributed by atoms with E-state index in [-0.39, 0.29) is 18.6 Å². The first-order valence-corrected chi connectivity index (χ1v) is 10.3. The number of benzene rings is 1. The summed E-state index contributed by atoms with van der Waals surface area (Å²) in [5.41, 5.74) is 1.62. The number of furan rings is 1. The summed E-state index contributed by atoms with van der Waals surface area (Å²) in [5.74, 6) is 1.61. The smallest absolute Gasteiger partial charge is 0.264 e. The fourth-order valence-electron chi connectivity index (χ4n) is 3.42. The Morgan fingerprint density at radius 3 is 2.73 bits per heavy atom. The van der Waals surface area contributed by atoms with Crippen LogP contribution in [0.25, 0.3) is 21.2 Å². The van der Waals surface area contributed by atoms with Crippen molar-refractivity contribution < 1.29 is 18.7 Å². The third-order valence-electron chi connectivity index (χ3n) is 5.22. The van der Waals surface area contributed by atoms with Gasteiger partial charge >= 0.3 is 0 Å². The van der Waals surface area contributed by atoms with Crippen LogP contribution in [0.4, 0.5) is 0 Å². The zero-order chi connectivity index (χ0) is 21.4. The van der Waals surface area contributed by atoms with Gasteiger partial charge in [0.25, 0.3) is 5.91 Å². The van der Waals surface area contributed by atoms with E-state index in [4.69, 9.17) is 13.9 Å². The zero-order valence-corrected chi connectivity index (χ0v) is 18.4. The molecule has 30 heavy (non-hydrogen) atoms. The summed E-state index contributed by atoms with van der Waals surface area (Å²) in [4.78, 5) is 25.3. The highest BCUT2D eigenvalue weighted by molar-refractivity contribution is 7.20. The van der Waals surface area contributed by atoms with E-state index in [2.05, 4.69) is 9.97 Å². The number of carbonyl (C=O) groups is 1. The Morgan fingerprint density at radius 2 is 2.03 bits per heavy atom. The van der Waals surface area contributed by atoms with Gasteiger partial charge in [-0.1, -0.05) is 18.2 Å². The van der Waals surface area contributed by atoms with Crippen LogP contribution < -0.4 is 4.74 Å². The predicted molar refractivity (Wildman–Crippen MR) is 116 cm³/mol. The molecule has 0 aliphatic heterocycles. The molecule has 1 unspecified atom stereocenters. The van der Waals surface area contributed by atoms with Crippen LogP contribution in [0, 0.1) is 6.92 Å². The van der Waals surface area contributed by atoms with Crippen LogP contribution in [0.5, 0.6) is 5.88 Å². The fraction of sp³-hybridized carbons (Fsp3) is 0.318. The summed E-state index contributed by atoms with van der Waals surface area (Å²) >= 11 is 1.34. The molecule has 1 atom stereocenters. The van der Waals surface area contributed by atoms with E-state index in [9.17, 15) is 4.79 Å². The SMILES string of the molecule is COCc1nc(OC)c2c(C)c(C(=O)N(C)C(C)c3cc4ccccc4o3)sc2n1. The minimum atomic E-state index is -0.230. The highest BCUT2D eigenvalue weighted by Crippen LogP contribution is 2.37. The highest BCUT2D eigenvalue weighted by atomic mass is 32.1. The summed E-state index contributed by atoms with van der Waals surface area (Å²) in [6, 6.07) is 9.57. The van der Waals surface area contributed by atoms with Crippen molar-refractivity contribution in [2.45, 2.75) is 26.5 Å². The van der Waals surface area contributed by atoms with Gasteiger partial charge in [0.15, 0.2) is 5.82 Å². The van der Waals surface area contributed by atoms with E-state index in [1.807, 2.05) is 44.2 Å². The molecule has 0 spiro atoms. The topological polar surface area (TPSA) is 77.7 Å². The monoisotopic (exact) mass is 425 g/mol. The van der Waals surface area contributed by atoms with Crippen LogP contribution in [0.3, 0.4) is 0 Å². The summed E-state index contributed by atoms with van der Waals surface area (Å²) in [5, 5.41) is 1.78.